The van der Waals surface area contributed by atoms with Gasteiger partial charge in [-0.2, -0.15) is 4.31 Å². The largest absolute Gasteiger partial charge is 0.356 e. The van der Waals surface area contributed by atoms with Crippen molar-refractivity contribution >= 4 is 39.1 Å². The Hall–Kier alpha value is -1.78. The quantitative estimate of drug-likeness (QED) is 0.526. The van der Waals surface area contributed by atoms with E-state index in [9.17, 15) is 22.8 Å². The van der Waals surface area contributed by atoms with Gasteiger partial charge in [-0.15, -0.1) is 11.3 Å². The van der Waals surface area contributed by atoms with Crippen LogP contribution in [0.5, 0.6) is 0 Å². The van der Waals surface area contributed by atoms with Crippen LogP contribution in [0.2, 0.25) is 0 Å². The highest BCUT2D eigenvalue weighted by Gasteiger charge is 2.34. The first-order chi connectivity index (χ1) is 12.9. The third-order valence-corrected chi connectivity index (χ3v) is 8.09. The van der Waals surface area contributed by atoms with E-state index in [1.54, 1.807) is 17.5 Å². The molecule has 0 aromatic carbocycles. The summed E-state index contributed by atoms with van der Waals surface area (Å²) in [5.41, 5.74) is 0. The lowest BCUT2D eigenvalue weighted by Crippen LogP contribution is -2.45. The molecule has 27 heavy (non-hydrogen) atoms. The molecular formula is C17H23N3O5S2. The van der Waals surface area contributed by atoms with Gasteiger partial charge in [0, 0.05) is 39.0 Å². The fraction of sp³-hybridized carbons (Fsp3) is 0.588. The van der Waals surface area contributed by atoms with E-state index in [2.05, 4.69) is 5.32 Å². The van der Waals surface area contributed by atoms with Crippen molar-refractivity contribution in [2.45, 2.75) is 36.3 Å². The summed E-state index contributed by atoms with van der Waals surface area (Å²) < 4.78 is 26.9. The zero-order valence-corrected chi connectivity index (χ0v) is 16.6. The van der Waals surface area contributed by atoms with Gasteiger partial charge >= 0.3 is 0 Å². The molecule has 2 saturated heterocycles. The van der Waals surface area contributed by atoms with E-state index in [0.29, 0.717) is 43.1 Å². The average Bonchev–Trinajstić information content (AvgIpc) is 3.30. The van der Waals surface area contributed by atoms with Crippen LogP contribution in [0, 0.1) is 5.92 Å². The van der Waals surface area contributed by atoms with E-state index in [1.807, 2.05) is 0 Å². The topological polar surface area (TPSA) is 104 Å². The highest BCUT2D eigenvalue weighted by molar-refractivity contribution is 7.91. The molecule has 2 fully saturated rings. The molecule has 1 aromatic rings. The maximum Gasteiger partial charge on any atom is 0.252 e. The number of sulfonamides is 1. The Labute approximate surface area is 162 Å². The van der Waals surface area contributed by atoms with Crippen LogP contribution in [0.25, 0.3) is 0 Å². The van der Waals surface area contributed by atoms with Gasteiger partial charge in [-0.05, 0) is 30.7 Å². The monoisotopic (exact) mass is 413 g/mol. The molecule has 1 aromatic heterocycles. The maximum absolute atomic E-state index is 12.6. The van der Waals surface area contributed by atoms with Gasteiger partial charge in [0.05, 0.1) is 5.92 Å². The van der Waals surface area contributed by atoms with Crippen LogP contribution >= 0.6 is 11.3 Å². The summed E-state index contributed by atoms with van der Waals surface area (Å²) in [5.74, 6) is -0.884. The molecule has 1 atom stereocenters. The summed E-state index contributed by atoms with van der Waals surface area (Å²) in [7, 11) is -3.54. The second-order valence-corrected chi connectivity index (χ2v) is 9.83. The number of nitrogens with zero attached hydrogens (tertiary/aromatic N) is 2. The van der Waals surface area contributed by atoms with Gasteiger partial charge in [0.2, 0.25) is 17.7 Å². The molecule has 0 radical (unpaired) electrons. The number of hydrogen-bond acceptors (Lipinski definition) is 6. The van der Waals surface area contributed by atoms with Gasteiger partial charge < -0.3 is 5.32 Å². The van der Waals surface area contributed by atoms with Gasteiger partial charge in [-0.3, -0.25) is 19.3 Å². The summed E-state index contributed by atoms with van der Waals surface area (Å²) in [4.78, 5) is 36.7. The smallest absolute Gasteiger partial charge is 0.252 e. The van der Waals surface area contributed by atoms with Crippen molar-refractivity contribution in [2.75, 3.05) is 26.2 Å². The van der Waals surface area contributed by atoms with Crippen LogP contribution in [-0.4, -0.2) is 61.5 Å². The Bertz CT molecular complexity index is 791. The summed E-state index contributed by atoms with van der Waals surface area (Å²) in [6, 6.07) is 3.27. The first-order valence-corrected chi connectivity index (χ1v) is 11.4. The van der Waals surface area contributed by atoms with E-state index in [-0.39, 0.29) is 43.0 Å². The fourth-order valence-corrected chi connectivity index (χ4v) is 6.05. The number of amides is 3. The Morgan fingerprint density at radius 1 is 1.26 bits per heavy atom. The van der Waals surface area contributed by atoms with E-state index < -0.39 is 10.0 Å². The lowest BCUT2D eigenvalue weighted by atomic mass is 9.99. The predicted molar refractivity (Wildman–Crippen MR) is 99.4 cm³/mol. The second-order valence-electron chi connectivity index (χ2n) is 6.72. The molecule has 0 saturated carbocycles. The fourth-order valence-electron chi connectivity index (χ4n) is 3.38. The molecule has 148 valence electrons. The molecule has 3 rings (SSSR count). The maximum atomic E-state index is 12.6. The molecule has 0 aliphatic carbocycles. The minimum atomic E-state index is -3.54. The summed E-state index contributed by atoms with van der Waals surface area (Å²) in [6.07, 6.45) is 2.31. The Kier molecular flexibility index (Phi) is 6.28. The van der Waals surface area contributed by atoms with E-state index in [4.69, 9.17) is 0 Å². The number of hydrogen-bond donors (Lipinski definition) is 1. The van der Waals surface area contributed by atoms with E-state index in [0.717, 1.165) is 0 Å². The number of rotatable bonds is 7. The van der Waals surface area contributed by atoms with Gasteiger partial charge in [-0.25, -0.2) is 8.42 Å². The number of thiophene rings is 1. The standard InChI is InChI=1S/C17H23N3O5S2/c21-14-6-7-15(22)20(14)10-3-8-18-17(23)13-4-1-9-19(12-13)27(24,25)16-5-2-11-26-16/h2,5,11,13H,1,3-4,6-10,12H2,(H,18,23). The molecule has 3 heterocycles. The molecule has 1 unspecified atom stereocenters. The molecule has 2 aliphatic heterocycles. The second kappa shape index (κ2) is 8.49. The number of piperidine rings is 1. The third-order valence-electron chi connectivity index (χ3n) is 4.86. The molecule has 3 amide bonds. The number of likely N-dealkylation sites (tertiary alicyclic amines) is 1. The number of carbonyl (C=O) groups is 3. The lowest BCUT2D eigenvalue weighted by molar-refractivity contribution is -0.138. The molecular weight excluding hydrogens is 390 g/mol. The van der Waals surface area contributed by atoms with Crippen LogP contribution in [0.1, 0.15) is 32.1 Å². The molecule has 10 heteroatoms. The van der Waals surface area contributed by atoms with Gasteiger partial charge in [0.15, 0.2) is 0 Å². The van der Waals surface area contributed by atoms with Crippen molar-refractivity contribution in [1.82, 2.24) is 14.5 Å². The van der Waals surface area contributed by atoms with E-state index >= 15 is 0 Å². The number of carbonyl (C=O) groups excluding carboxylic acids is 3. The Morgan fingerprint density at radius 2 is 2.00 bits per heavy atom. The minimum Gasteiger partial charge on any atom is -0.356 e. The Morgan fingerprint density at radius 3 is 2.67 bits per heavy atom. The van der Waals surface area contributed by atoms with Gasteiger partial charge in [0.1, 0.15) is 4.21 Å². The number of imide groups is 1. The predicted octanol–water partition coefficient (Wildman–Crippen LogP) is 0.804. The van der Waals surface area contributed by atoms with Crippen molar-refractivity contribution < 1.29 is 22.8 Å². The normalized spacial score (nSPS) is 21.6. The zero-order valence-electron chi connectivity index (χ0n) is 14.9. The molecule has 8 nitrogen and oxygen atoms in total. The van der Waals surface area contributed by atoms with E-state index in [1.165, 1.54) is 20.5 Å². The highest BCUT2D eigenvalue weighted by Crippen LogP contribution is 2.26. The molecule has 0 bridgehead atoms. The van der Waals surface area contributed by atoms with Crippen LogP contribution in [0.15, 0.2) is 21.7 Å². The van der Waals surface area contributed by atoms with Crippen molar-refractivity contribution in [3.63, 3.8) is 0 Å². The average molecular weight is 414 g/mol. The molecule has 0 spiro atoms. The summed E-state index contributed by atoms with van der Waals surface area (Å²) in [5, 5.41) is 4.52. The summed E-state index contributed by atoms with van der Waals surface area (Å²) in [6.45, 7) is 1.25. The molecule has 2 aliphatic rings. The van der Waals surface area contributed by atoms with Crippen molar-refractivity contribution in [1.29, 1.82) is 0 Å². The summed E-state index contributed by atoms with van der Waals surface area (Å²) >= 11 is 1.17. The highest BCUT2D eigenvalue weighted by atomic mass is 32.2. The molecule has 1 N–H and O–H groups in total. The van der Waals surface area contributed by atoms with Crippen molar-refractivity contribution in [2.24, 2.45) is 5.92 Å². The van der Waals surface area contributed by atoms with Gasteiger partial charge in [0.25, 0.3) is 10.0 Å². The zero-order chi connectivity index (χ0) is 19.4. The Balaban J connectivity index is 1.47. The van der Waals surface area contributed by atoms with Crippen LogP contribution in [-0.2, 0) is 24.4 Å². The first kappa shape index (κ1) is 20.0. The van der Waals surface area contributed by atoms with Crippen molar-refractivity contribution in [3.05, 3.63) is 17.5 Å². The minimum absolute atomic E-state index is 0.159. The van der Waals surface area contributed by atoms with Gasteiger partial charge in [-0.1, -0.05) is 6.07 Å². The SMILES string of the molecule is O=C(NCCCN1C(=O)CCC1=O)C1CCCN(S(=O)(=O)c2cccs2)C1. The third kappa shape index (κ3) is 4.56. The van der Waals surface area contributed by atoms with Crippen LogP contribution < -0.4 is 5.32 Å². The van der Waals surface area contributed by atoms with Crippen molar-refractivity contribution in [3.8, 4) is 0 Å². The number of nitrogens with one attached hydrogen (secondary N) is 1. The van der Waals surface area contributed by atoms with Crippen LogP contribution in [0.4, 0.5) is 0 Å². The van der Waals surface area contributed by atoms with Crippen LogP contribution in [0.3, 0.4) is 0 Å². The lowest BCUT2D eigenvalue weighted by Gasteiger charge is -2.30. The first-order valence-electron chi connectivity index (χ1n) is 9.04.